The number of hydrogen-bond acceptors (Lipinski definition) is 4. The van der Waals surface area contributed by atoms with Gasteiger partial charge in [0.2, 0.25) is 0 Å². The number of thiophene rings is 1. The number of rotatable bonds is 5. The van der Waals surface area contributed by atoms with Crippen LogP contribution in [0.4, 0.5) is 0 Å². The average molecular weight is 310 g/mol. The number of Topliss-reactive ketones (excluding diaryl/α,β-unsaturated/α-hetero) is 1. The Kier molecular flexibility index (Phi) is 4.02. The minimum absolute atomic E-state index is 0.0262. The molecule has 0 fully saturated rings. The molecule has 0 saturated heterocycles. The highest BCUT2D eigenvalue weighted by Crippen LogP contribution is 2.35. The van der Waals surface area contributed by atoms with E-state index < -0.39 is 0 Å². The van der Waals surface area contributed by atoms with Crippen LogP contribution in [0.2, 0.25) is 0 Å². The average Bonchev–Trinajstić information content (AvgIpc) is 2.96. The zero-order valence-corrected chi connectivity index (χ0v) is 12.9. The molecular weight excluding hydrogens is 296 g/mol. The van der Waals surface area contributed by atoms with Gasteiger partial charge in [-0.15, -0.1) is 11.3 Å². The summed E-state index contributed by atoms with van der Waals surface area (Å²) in [6.07, 6.45) is 0.757. The van der Waals surface area contributed by atoms with E-state index >= 15 is 0 Å². The fourth-order valence-corrected chi connectivity index (χ4v) is 3.29. The van der Waals surface area contributed by atoms with Crippen molar-refractivity contribution in [2.24, 2.45) is 0 Å². The molecule has 3 nitrogen and oxygen atoms in total. The molecule has 2 aromatic carbocycles. The van der Waals surface area contributed by atoms with Crippen molar-refractivity contribution < 1.29 is 14.3 Å². The van der Waals surface area contributed by atoms with Crippen molar-refractivity contribution >= 4 is 33.5 Å². The van der Waals surface area contributed by atoms with E-state index in [9.17, 15) is 9.59 Å². The predicted octanol–water partition coefficient (Wildman–Crippen LogP) is 4.35. The fourth-order valence-electron chi connectivity index (χ4n) is 2.32. The maximum absolute atomic E-state index is 11.3. The summed E-state index contributed by atoms with van der Waals surface area (Å²) in [5.74, 6) is 0.359. The lowest BCUT2D eigenvalue weighted by Crippen LogP contribution is -2.07. The Bertz CT molecular complexity index is 848. The van der Waals surface area contributed by atoms with Crippen LogP contribution in [0.5, 0.6) is 5.75 Å². The standard InChI is InChI=1S/C18H14O3S/c1-12(20)10-21-17-7-6-13(8-14(17)9-19)16-11-22-18-5-3-2-4-15(16)18/h2-9,11H,10H2,1H3. The molecule has 0 saturated carbocycles. The molecule has 1 heterocycles. The lowest BCUT2D eigenvalue weighted by molar-refractivity contribution is -0.118. The van der Waals surface area contributed by atoms with E-state index in [4.69, 9.17) is 4.74 Å². The van der Waals surface area contributed by atoms with Gasteiger partial charge in [-0.05, 0) is 36.1 Å². The van der Waals surface area contributed by atoms with Gasteiger partial charge in [0.1, 0.15) is 12.4 Å². The van der Waals surface area contributed by atoms with Crippen molar-refractivity contribution in [2.75, 3.05) is 6.61 Å². The summed E-state index contributed by atoms with van der Waals surface area (Å²) in [4.78, 5) is 22.3. The first-order valence-electron chi connectivity index (χ1n) is 6.87. The molecule has 110 valence electrons. The third kappa shape index (κ3) is 2.78. The van der Waals surface area contributed by atoms with Crippen molar-refractivity contribution in [1.29, 1.82) is 0 Å². The van der Waals surface area contributed by atoms with Crippen molar-refractivity contribution in [3.05, 3.63) is 53.4 Å². The van der Waals surface area contributed by atoms with Gasteiger partial charge in [0, 0.05) is 15.6 Å². The molecular formula is C18H14O3S. The second kappa shape index (κ2) is 6.12. The molecule has 0 unspecified atom stereocenters. The maximum Gasteiger partial charge on any atom is 0.167 e. The van der Waals surface area contributed by atoms with E-state index in [0.717, 1.165) is 17.4 Å². The van der Waals surface area contributed by atoms with Crippen molar-refractivity contribution in [3.63, 3.8) is 0 Å². The molecule has 22 heavy (non-hydrogen) atoms. The second-order valence-electron chi connectivity index (χ2n) is 5.01. The van der Waals surface area contributed by atoms with Gasteiger partial charge >= 0.3 is 0 Å². The zero-order chi connectivity index (χ0) is 15.5. The van der Waals surface area contributed by atoms with Crippen molar-refractivity contribution in [1.82, 2.24) is 0 Å². The predicted molar refractivity (Wildman–Crippen MR) is 88.8 cm³/mol. The number of fused-ring (bicyclic) bond motifs is 1. The fraction of sp³-hybridized carbons (Fsp3) is 0.111. The van der Waals surface area contributed by atoms with E-state index in [1.165, 1.54) is 17.0 Å². The van der Waals surface area contributed by atoms with Gasteiger partial charge in [-0.2, -0.15) is 0 Å². The molecule has 4 heteroatoms. The van der Waals surface area contributed by atoms with Crippen LogP contribution in [0.25, 0.3) is 21.2 Å². The summed E-state index contributed by atoms with van der Waals surface area (Å²) in [5, 5.41) is 3.26. The Morgan fingerprint density at radius 1 is 1.23 bits per heavy atom. The molecule has 0 aliphatic heterocycles. The molecule has 0 radical (unpaired) electrons. The van der Waals surface area contributed by atoms with Gasteiger partial charge in [0.05, 0.1) is 5.56 Å². The lowest BCUT2D eigenvalue weighted by atomic mass is 10.0. The van der Waals surface area contributed by atoms with Gasteiger partial charge in [0.15, 0.2) is 12.1 Å². The Hall–Kier alpha value is -2.46. The van der Waals surface area contributed by atoms with Crippen LogP contribution < -0.4 is 4.74 Å². The number of carbonyl (C=O) groups excluding carboxylic acids is 2. The van der Waals surface area contributed by atoms with E-state index in [1.54, 1.807) is 23.5 Å². The topological polar surface area (TPSA) is 43.4 Å². The van der Waals surface area contributed by atoms with Gasteiger partial charge in [-0.25, -0.2) is 0 Å². The number of benzene rings is 2. The zero-order valence-electron chi connectivity index (χ0n) is 12.0. The molecule has 0 amide bonds. The van der Waals surface area contributed by atoms with Gasteiger partial charge in [0.25, 0.3) is 0 Å². The van der Waals surface area contributed by atoms with Crippen molar-refractivity contribution in [2.45, 2.75) is 6.92 Å². The lowest BCUT2D eigenvalue weighted by Gasteiger charge is -2.08. The first kappa shape index (κ1) is 14.5. The third-order valence-corrected chi connectivity index (χ3v) is 4.32. The quantitative estimate of drug-likeness (QED) is 0.658. The van der Waals surface area contributed by atoms with Gasteiger partial charge in [-0.3, -0.25) is 9.59 Å². The van der Waals surface area contributed by atoms with E-state index in [1.807, 2.05) is 18.2 Å². The Morgan fingerprint density at radius 3 is 2.82 bits per heavy atom. The van der Waals surface area contributed by atoms with Crippen LogP contribution in [0.1, 0.15) is 17.3 Å². The van der Waals surface area contributed by atoms with Crippen LogP contribution in [-0.2, 0) is 4.79 Å². The molecule has 0 spiro atoms. The van der Waals surface area contributed by atoms with Crippen LogP contribution in [0.15, 0.2) is 47.8 Å². The molecule has 3 rings (SSSR count). The van der Waals surface area contributed by atoms with Crippen LogP contribution in [0, 0.1) is 0 Å². The minimum atomic E-state index is -0.0789. The number of carbonyl (C=O) groups is 2. The summed E-state index contributed by atoms with van der Waals surface area (Å²) in [5.41, 5.74) is 2.52. The van der Waals surface area contributed by atoms with Crippen LogP contribution in [0.3, 0.4) is 0 Å². The molecule has 0 aliphatic carbocycles. The summed E-state index contributed by atoms with van der Waals surface area (Å²) < 4.78 is 6.58. The summed E-state index contributed by atoms with van der Waals surface area (Å²) in [6.45, 7) is 1.42. The van der Waals surface area contributed by atoms with Gasteiger partial charge < -0.3 is 4.74 Å². The van der Waals surface area contributed by atoms with E-state index in [-0.39, 0.29) is 12.4 Å². The van der Waals surface area contributed by atoms with E-state index in [0.29, 0.717) is 11.3 Å². The number of ketones is 1. The normalized spacial score (nSPS) is 10.6. The summed E-state index contributed by atoms with van der Waals surface area (Å²) in [6, 6.07) is 13.6. The van der Waals surface area contributed by atoms with Crippen LogP contribution in [-0.4, -0.2) is 18.7 Å². The highest BCUT2D eigenvalue weighted by atomic mass is 32.1. The summed E-state index contributed by atoms with van der Waals surface area (Å²) >= 11 is 1.68. The molecule has 0 atom stereocenters. The molecule has 0 aliphatic rings. The van der Waals surface area contributed by atoms with Gasteiger partial charge in [-0.1, -0.05) is 24.3 Å². The number of aldehydes is 1. The Morgan fingerprint density at radius 2 is 2.05 bits per heavy atom. The SMILES string of the molecule is CC(=O)COc1ccc(-c2csc3ccccc23)cc1C=O. The highest BCUT2D eigenvalue weighted by Gasteiger charge is 2.10. The number of hydrogen-bond donors (Lipinski definition) is 0. The Labute approximate surface area is 132 Å². The van der Waals surface area contributed by atoms with Crippen LogP contribution >= 0.6 is 11.3 Å². The largest absolute Gasteiger partial charge is 0.485 e. The van der Waals surface area contributed by atoms with E-state index in [2.05, 4.69) is 17.5 Å². The molecule has 1 aromatic heterocycles. The maximum atomic E-state index is 11.3. The first-order valence-corrected chi connectivity index (χ1v) is 7.75. The third-order valence-electron chi connectivity index (χ3n) is 3.36. The smallest absolute Gasteiger partial charge is 0.167 e. The molecule has 0 bridgehead atoms. The minimum Gasteiger partial charge on any atom is -0.485 e. The second-order valence-corrected chi connectivity index (χ2v) is 5.92. The first-order chi connectivity index (χ1) is 10.7. The Balaban J connectivity index is 2.01. The number of ether oxygens (including phenoxy) is 1. The summed E-state index contributed by atoms with van der Waals surface area (Å²) in [7, 11) is 0. The highest BCUT2D eigenvalue weighted by molar-refractivity contribution is 7.17. The molecule has 0 N–H and O–H groups in total. The van der Waals surface area contributed by atoms with Crippen molar-refractivity contribution in [3.8, 4) is 16.9 Å². The molecule has 3 aromatic rings. The monoisotopic (exact) mass is 310 g/mol.